The zero-order valence-electron chi connectivity index (χ0n) is 11.0. The first-order chi connectivity index (χ1) is 9.90. The molecule has 0 saturated heterocycles. The van der Waals surface area contributed by atoms with Crippen molar-refractivity contribution in [3.05, 3.63) is 52.2 Å². The largest absolute Gasteiger partial charge is 0.478 e. The number of nitrogens with zero attached hydrogens (tertiary/aromatic N) is 1. The summed E-state index contributed by atoms with van der Waals surface area (Å²) in [6.45, 7) is 1.81. The topological polar surface area (TPSA) is 62.2 Å². The van der Waals surface area contributed by atoms with E-state index in [-0.39, 0.29) is 22.1 Å². The van der Waals surface area contributed by atoms with Crippen LogP contribution >= 0.6 is 11.6 Å². The van der Waals surface area contributed by atoms with Gasteiger partial charge in [-0.3, -0.25) is 0 Å². The summed E-state index contributed by atoms with van der Waals surface area (Å²) in [5.41, 5.74) is 0.384. The van der Waals surface area contributed by atoms with Crippen LogP contribution in [0.5, 0.6) is 0 Å². The van der Waals surface area contributed by atoms with Gasteiger partial charge >= 0.3 is 5.97 Å². The van der Waals surface area contributed by atoms with Gasteiger partial charge in [-0.05, 0) is 24.6 Å². The van der Waals surface area contributed by atoms with Gasteiger partial charge in [0.15, 0.2) is 5.82 Å². The highest BCUT2D eigenvalue weighted by Crippen LogP contribution is 2.29. The van der Waals surface area contributed by atoms with Crippen molar-refractivity contribution < 1.29 is 18.7 Å². The van der Waals surface area contributed by atoms with Gasteiger partial charge in [-0.25, -0.2) is 18.6 Å². The second-order valence-corrected chi connectivity index (χ2v) is 4.67. The first-order valence-electron chi connectivity index (χ1n) is 6.06. The van der Waals surface area contributed by atoms with E-state index >= 15 is 0 Å². The van der Waals surface area contributed by atoms with Gasteiger partial charge in [0.25, 0.3) is 0 Å². The van der Waals surface area contributed by atoms with E-state index in [9.17, 15) is 13.6 Å². The molecule has 0 atom stereocenters. The average Bonchev–Trinajstić information content (AvgIpc) is 2.42. The smallest absolute Gasteiger partial charge is 0.335 e. The molecule has 2 rings (SSSR count). The predicted octanol–water partition coefficient (Wildman–Crippen LogP) is 4.02. The molecule has 110 valence electrons. The van der Waals surface area contributed by atoms with E-state index in [0.29, 0.717) is 18.2 Å². The number of anilines is 2. The first kappa shape index (κ1) is 15.2. The number of halogens is 3. The molecule has 0 radical (unpaired) electrons. The molecule has 0 aliphatic rings. The van der Waals surface area contributed by atoms with Crippen LogP contribution < -0.4 is 5.32 Å². The van der Waals surface area contributed by atoms with Crippen LogP contribution in [0.1, 0.15) is 23.0 Å². The number of rotatable bonds is 4. The van der Waals surface area contributed by atoms with E-state index in [4.69, 9.17) is 16.7 Å². The normalized spacial score (nSPS) is 10.5. The van der Waals surface area contributed by atoms with Crippen LogP contribution in [0.25, 0.3) is 0 Å². The molecule has 1 aromatic heterocycles. The number of aromatic carboxylic acids is 1. The maximum atomic E-state index is 13.7. The molecule has 1 aromatic carbocycles. The van der Waals surface area contributed by atoms with E-state index in [1.807, 2.05) is 6.92 Å². The van der Waals surface area contributed by atoms with Crippen molar-refractivity contribution in [1.29, 1.82) is 0 Å². The summed E-state index contributed by atoms with van der Waals surface area (Å²) < 4.78 is 26.7. The van der Waals surface area contributed by atoms with Gasteiger partial charge < -0.3 is 10.4 Å². The van der Waals surface area contributed by atoms with Crippen LogP contribution in [0.4, 0.5) is 20.3 Å². The zero-order chi connectivity index (χ0) is 15.6. The van der Waals surface area contributed by atoms with E-state index in [1.165, 1.54) is 12.1 Å². The highest BCUT2D eigenvalue weighted by Gasteiger charge is 2.13. The summed E-state index contributed by atoms with van der Waals surface area (Å²) in [4.78, 5) is 15.2. The van der Waals surface area contributed by atoms with E-state index in [0.717, 1.165) is 6.07 Å². The zero-order valence-corrected chi connectivity index (χ0v) is 11.7. The van der Waals surface area contributed by atoms with Crippen molar-refractivity contribution in [2.75, 3.05) is 5.32 Å². The molecule has 2 N–H and O–H groups in total. The molecule has 7 heteroatoms. The van der Waals surface area contributed by atoms with Crippen molar-refractivity contribution in [3.63, 3.8) is 0 Å². The minimum absolute atomic E-state index is 0.0167. The van der Waals surface area contributed by atoms with Gasteiger partial charge in [-0.2, -0.15) is 0 Å². The third kappa shape index (κ3) is 3.46. The second kappa shape index (κ2) is 6.05. The van der Waals surface area contributed by atoms with Crippen LogP contribution in [0.2, 0.25) is 5.02 Å². The number of pyridine rings is 1. The molecule has 0 aliphatic carbocycles. The Morgan fingerprint density at radius 2 is 2.05 bits per heavy atom. The number of carbonyl (C=O) groups is 1. The summed E-state index contributed by atoms with van der Waals surface area (Å²) in [5, 5.41) is 11.5. The molecule has 1 heterocycles. The number of benzene rings is 1. The highest BCUT2D eigenvalue weighted by atomic mass is 35.5. The Labute approximate surface area is 124 Å². The number of carboxylic acids is 1. The molecule has 0 fully saturated rings. The van der Waals surface area contributed by atoms with Crippen molar-refractivity contribution in [1.82, 2.24) is 4.98 Å². The molecular weight excluding hydrogens is 302 g/mol. The number of aryl methyl sites for hydroxylation is 1. The number of nitrogens with one attached hydrogen (secondary N) is 1. The Morgan fingerprint density at radius 3 is 2.62 bits per heavy atom. The fourth-order valence-corrected chi connectivity index (χ4v) is 1.99. The third-order valence-electron chi connectivity index (χ3n) is 2.75. The summed E-state index contributed by atoms with van der Waals surface area (Å²) in [7, 11) is 0. The van der Waals surface area contributed by atoms with Crippen molar-refractivity contribution in [2.24, 2.45) is 0 Å². The Morgan fingerprint density at radius 1 is 1.33 bits per heavy atom. The average molecular weight is 313 g/mol. The SMILES string of the molecule is CCc1cc(C(=O)O)cc(Nc2c(F)cc(F)cc2Cl)n1. The fraction of sp³-hybridized carbons (Fsp3) is 0.143. The van der Waals surface area contributed by atoms with Gasteiger partial charge in [0.05, 0.1) is 16.3 Å². The quantitative estimate of drug-likeness (QED) is 0.895. The van der Waals surface area contributed by atoms with Crippen molar-refractivity contribution in [3.8, 4) is 0 Å². The van der Waals surface area contributed by atoms with Crippen LogP contribution in [0.3, 0.4) is 0 Å². The van der Waals surface area contributed by atoms with E-state index in [1.54, 1.807) is 0 Å². The predicted molar refractivity (Wildman–Crippen MR) is 75.2 cm³/mol. The first-order valence-corrected chi connectivity index (χ1v) is 6.44. The van der Waals surface area contributed by atoms with Crippen molar-refractivity contribution in [2.45, 2.75) is 13.3 Å². The minimum atomic E-state index is -1.12. The summed E-state index contributed by atoms with van der Waals surface area (Å²) >= 11 is 5.77. The molecule has 0 saturated carbocycles. The molecule has 0 amide bonds. The summed E-state index contributed by atoms with van der Waals surface area (Å²) in [6.07, 6.45) is 0.509. The number of aromatic nitrogens is 1. The lowest BCUT2D eigenvalue weighted by Gasteiger charge is -2.11. The molecule has 2 aromatic rings. The maximum absolute atomic E-state index is 13.7. The maximum Gasteiger partial charge on any atom is 0.335 e. The Bertz CT molecular complexity index is 684. The van der Waals surface area contributed by atoms with Crippen LogP contribution in [0.15, 0.2) is 24.3 Å². The minimum Gasteiger partial charge on any atom is -0.478 e. The third-order valence-corrected chi connectivity index (χ3v) is 3.05. The highest BCUT2D eigenvalue weighted by molar-refractivity contribution is 6.33. The lowest BCUT2D eigenvalue weighted by atomic mass is 10.2. The van der Waals surface area contributed by atoms with Crippen molar-refractivity contribution >= 4 is 29.1 Å². The number of hydrogen-bond donors (Lipinski definition) is 2. The number of hydrogen-bond acceptors (Lipinski definition) is 3. The van der Waals surface area contributed by atoms with Gasteiger partial charge in [0.1, 0.15) is 11.6 Å². The van der Waals surface area contributed by atoms with Gasteiger partial charge in [-0.15, -0.1) is 0 Å². The molecular formula is C14H11ClF2N2O2. The molecule has 21 heavy (non-hydrogen) atoms. The molecule has 0 bridgehead atoms. The molecule has 4 nitrogen and oxygen atoms in total. The van der Waals surface area contributed by atoms with Crippen LogP contribution in [-0.2, 0) is 6.42 Å². The Hall–Kier alpha value is -2.21. The Balaban J connectivity index is 2.44. The summed E-state index contributed by atoms with van der Waals surface area (Å²) in [5.74, 6) is -2.69. The lowest BCUT2D eigenvalue weighted by Crippen LogP contribution is -2.04. The van der Waals surface area contributed by atoms with Crippen LogP contribution in [-0.4, -0.2) is 16.1 Å². The summed E-state index contributed by atoms with van der Waals surface area (Å²) in [6, 6.07) is 4.31. The molecule has 0 unspecified atom stereocenters. The molecule has 0 spiro atoms. The van der Waals surface area contributed by atoms with Gasteiger partial charge in [0.2, 0.25) is 0 Å². The van der Waals surface area contributed by atoms with Gasteiger partial charge in [-0.1, -0.05) is 18.5 Å². The van der Waals surface area contributed by atoms with E-state index < -0.39 is 17.6 Å². The van der Waals surface area contributed by atoms with Crippen LogP contribution in [0, 0.1) is 11.6 Å². The fourth-order valence-electron chi connectivity index (χ4n) is 1.75. The number of carboxylic acid groups (broad SMARTS) is 1. The monoisotopic (exact) mass is 312 g/mol. The van der Waals surface area contributed by atoms with E-state index in [2.05, 4.69) is 10.3 Å². The standard InChI is InChI=1S/C14H11ClF2N2O2/c1-2-9-3-7(14(20)21)4-12(18-9)19-13-10(15)5-8(16)6-11(13)17/h3-6H,2H2,1H3,(H,18,19)(H,20,21). The molecule has 0 aliphatic heterocycles. The van der Waals surface area contributed by atoms with Gasteiger partial charge in [0, 0.05) is 11.8 Å². The Kier molecular flexibility index (Phi) is 4.37. The lowest BCUT2D eigenvalue weighted by molar-refractivity contribution is 0.0696. The second-order valence-electron chi connectivity index (χ2n) is 4.26.